The number of nitrogens with one attached hydrogen (secondary N) is 1. The molecule has 0 unspecified atom stereocenters. The largest absolute Gasteiger partial charge is 0.417 e. The highest BCUT2D eigenvalue weighted by molar-refractivity contribution is 9.10. The van der Waals surface area contributed by atoms with Gasteiger partial charge < -0.3 is 14.8 Å². The maximum Gasteiger partial charge on any atom is 0.417 e. The number of aromatic nitrogens is 2. The molecule has 2 aromatic heterocycles. The molecule has 0 atom stereocenters. The van der Waals surface area contributed by atoms with Gasteiger partial charge in [0.15, 0.2) is 0 Å². The number of alkyl halides is 3. The zero-order valence-corrected chi connectivity index (χ0v) is 17.3. The van der Waals surface area contributed by atoms with Crippen molar-refractivity contribution in [2.75, 3.05) is 31.1 Å². The van der Waals surface area contributed by atoms with Gasteiger partial charge in [-0.05, 0) is 24.3 Å². The van der Waals surface area contributed by atoms with Gasteiger partial charge in [-0.2, -0.15) is 13.2 Å². The molecular formula is C19H15BrClF3N4O. The SMILES string of the molecule is O=C(c1cc2ccc(Br)cc2[nH]1)N1CCN(c2ncc(C(F)(F)F)cc2Cl)CC1. The minimum atomic E-state index is -4.49. The van der Waals surface area contributed by atoms with Crippen LogP contribution in [0.4, 0.5) is 19.0 Å². The van der Waals surface area contributed by atoms with Crippen molar-refractivity contribution in [2.24, 2.45) is 0 Å². The number of benzene rings is 1. The fourth-order valence-electron chi connectivity index (χ4n) is 3.32. The van der Waals surface area contributed by atoms with Crippen LogP contribution in [0.1, 0.15) is 16.1 Å². The Morgan fingerprint density at radius 2 is 1.86 bits per heavy atom. The molecule has 1 amide bonds. The third-order valence-corrected chi connectivity index (χ3v) is 5.60. The quantitative estimate of drug-likeness (QED) is 0.556. The number of anilines is 1. The zero-order valence-electron chi connectivity index (χ0n) is 14.9. The number of piperazine rings is 1. The number of pyridine rings is 1. The molecule has 0 spiro atoms. The molecule has 0 bridgehead atoms. The lowest BCUT2D eigenvalue weighted by atomic mass is 10.2. The molecule has 152 valence electrons. The van der Waals surface area contributed by atoms with Crippen molar-refractivity contribution in [1.29, 1.82) is 0 Å². The van der Waals surface area contributed by atoms with Crippen molar-refractivity contribution < 1.29 is 18.0 Å². The van der Waals surface area contributed by atoms with Crippen LogP contribution in [0.2, 0.25) is 5.02 Å². The van der Waals surface area contributed by atoms with Crippen molar-refractivity contribution in [3.05, 3.63) is 57.3 Å². The molecule has 3 heterocycles. The second-order valence-electron chi connectivity index (χ2n) is 6.72. The number of aromatic amines is 1. The summed E-state index contributed by atoms with van der Waals surface area (Å²) in [4.78, 5) is 23.3. The highest BCUT2D eigenvalue weighted by Gasteiger charge is 2.32. The van der Waals surface area contributed by atoms with Crippen LogP contribution in [0.5, 0.6) is 0 Å². The molecule has 1 aromatic carbocycles. The first-order valence-electron chi connectivity index (χ1n) is 8.77. The highest BCUT2D eigenvalue weighted by atomic mass is 79.9. The second-order valence-corrected chi connectivity index (χ2v) is 8.04. The minimum absolute atomic E-state index is 0.0548. The minimum Gasteiger partial charge on any atom is -0.352 e. The van der Waals surface area contributed by atoms with Gasteiger partial charge in [-0.1, -0.05) is 33.6 Å². The van der Waals surface area contributed by atoms with Gasteiger partial charge in [0.1, 0.15) is 11.5 Å². The van der Waals surface area contributed by atoms with Gasteiger partial charge in [-0.15, -0.1) is 0 Å². The molecule has 1 aliphatic heterocycles. The lowest BCUT2D eigenvalue weighted by Gasteiger charge is -2.35. The Kier molecular flexibility index (Phi) is 5.20. The first kappa shape index (κ1) is 20.0. The third kappa shape index (κ3) is 4.06. The molecule has 0 saturated carbocycles. The summed E-state index contributed by atoms with van der Waals surface area (Å²) in [6.07, 6.45) is -3.71. The number of hydrogen-bond acceptors (Lipinski definition) is 3. The molecule has 0 aliphatic carbocycles. The summed E-state index contributed by atoms with van der Waals surface area (Å²) in [6, 6.07) is 8.42. The number of H-pyrrole nitrogens is 1. The van der Waals surface area contributed by atoms with Crippen LogP contribution in [-0.4, -0.2) is 47.0 Å². The summed E-state index contributed by atoms with van der Waals surface area (Å²) >= 11 is 9.43. The normalized spacial score (nSPS) is 15.2. The summed E-state index contributed by atoms with van der Waals surface area (Å²) in [7, 11) is 0. The summed E-state index contributed by atoms with van der Waals surface area (Å²) in [5, 5.41) is 0.886. The molecule has 1 N–H and O–H groups in total. The fraction of sp³-hybridized carbons (Fsp3) is 0.263. The molecule has 0 radical (unpaired) electrons. The zero-order chi connectivity index (χ0) is 20.8. The molecule has 4 rings (SSSR count). The lowest BCUT2D eigenvalue weighted by Crippen LogP contribution is -2.49. The van der Waals surface area contributed by atoms with Crippen molar-refractivity contribution in [2.45, 2.75) is 6.18 Å². The number of carbonyl (C=O) groups excluding carboxylic acids is 1. The van der Waals surface area contributed by atoms with E-state index < -0.39 is 11.7 Å². The van der Waals surface area contributed by atoms with Gasteiger partial charge in [-0.25, -0.2) is 4.98 Å². The first-order chi connectivity index (χ1) is 13.7. The van der Waals surface area contributed by atoms with Crippen molar-refractivity contribution in [3.63, 3.8) is 0 Å². The van der Waals surface area contributed by atoms with E-state index in [4.69, 9.17) is 11.6 Å². The number of nitrogens with zero attached hydrogens (tertiary/aromatic N) is 3. The van der Waals surface area contributed by atoms with Crippen LogP contribution in [-0.2, 0) is 6.18 Å². The van der Waals surface area contributed by atoms with Gasteiger partial charge in [0, 0.05) is 47.8 Å². The Balaban J connectivity index is 1.45. The predicted octanol–water partition coefficient (Wildman–Crippen LogP) is 4.96. The topological polar surface area (TPSA) is 52.2 Å². The smallest absolute Gasteiger partial charge is 0.352 e. The number of fused-ring (bicyclic) bond motifs is 1. The Hall–Kier alpha value is -2.26. The highest BCUT2D eigenvalue weighted by Crippen LogP contribution is 2.33. The van der Waals surface area contributed by atoms with Crippen LogP contribution >= 0.6 is 27.5 Å². The Morgan fingerprint density at radius 3 is 2.52 bits per heavy atom. The van der Waals surface area contributed by atoms with E-state index >= 15 is 0 Å². The Bertz CT molecular complexity index is 1080. The van der Waals surface area contributed by atoms with E-state index in [1.165, 1.54) is 0 Å². The van der Waals surface area contributed by atoms with Crippen molar-refractivity contribution in [1.82, 2.24) is 14.9 Å². The summed E-state index contributed by atoms with van der Waals surface area (Å²) in [5.74, 6) is 0.172. The van der Waals surface area contributed by atoms with Gasteiger partial charge in [0.05, 0.1) is 10.6 Å². The van der Waals surface area contributed by atoms with E-state index in [1.54, 1.807) is 9.80 Å². The lowest BCUT2D eigenvalue weighted by molar-refractivity contribution is -0.137. The number of hydrogen-bond donors (Lipinski definition) is 1. The second kappa shape index (κ2) is 7.53. The molecule has 1 saturated heterocycles. The van der Waals surface area contributed by atoms with E-state index in [1.807, 2.05) is 24.3 Å². The van der Waals surface area contributed by atoms with Gasteiger partial charge in [0.25, 0.3) is 5.91 Å². The number of rotatable bonds is 2. The van der Waals surface area contributed by atoms with E-state index in [0.717, 1.165) is 27.6 Å². The third-order valence-electron chi connectivity index (χ3n) is 4.83. The predicted molar refractivity (Wildman–Crippen MR) is 108 cm³/mol. The van der Waals surface area contributed by atoms with Crippen LogP contribution in [0.3, 0.4) is 0 Å². The number of carbonyl (C=O) groups is 1. The molecule has 1 fully saturated rings. The van der Waals surface area contributed by atoms with E-state index in [0.29, 0.717) is 37.7 Å². The van der Waals surface area contributed by atoms with Crippen LogP contribution < -0.4 is 4.90 Å². The van der Waals surface area contributed by atoms with Crippen LogP contribution in [0.15, 0.2) is 41.0 Å². The van der Waals surface area contributed by atoms with Gasteiger partial charge in [-0.3, -0.25) is 4.79 Å². The maximum absolute atomic E-state index is 12.8. The average molecular weight is 488 g/mol. The standard InChI is InChI=1S/C19H15BrClF3N4O/c20-13-2-1-11-7-16(26-15(11)9-13)18(29)28-5-3-27(4-6-28)17-14(21)8-12(10-25-17)19(22,23)24/h1-2,7-10,26H,3-6H2. The Labute approximate surface area is 177 Å². The van der Waals surface area contributed by atoms with E-state index in [-0.39, 0.29) is 10.9 Å². The van der Waals surface area contributed by atoms with Gasteiger partial charge in [0.2, 0.25) is 0 Å². The van der Waals surface area contributed by atoms with E-state index in [2.05, 4.69) is 25.9 Å². The Morgan fingerprint density at radius 1 is 1.14 bits per heavy atom. The van der Waals surface area contributed by atoms with Crippen molar-refractivity contribution >= 4 is 50.2 Å². The summed E-state index contributed by atoms with van der Waals surface area (Å²) in [6.45, 7) is 1.68. The van der Waals surface area contributed by atoms with Crippen LogP contribution in [0.25, 0.3) is 10.9 Å². The summed E-state index contributed by atoms with van der Waals surface area (Å²) < 4.78 is 39.3. The first-order valence-corrected chi connectivity index (χ1v) is 9.95. The average Bonchev–Trinajstić information content (AvgIpc) is 3.10. The maximum atomic E-state index is 12.8. The van der Waals surface area contributed by atoms with Gasteiger partial charge >= 0.3 is 6.18 Å². The number of halogens is 5. The molecule has 5 nitrogen and oxygen atoms in total. The number of amides is 1. The van der Waals surface area contributed by atoms with E-state index in [9.17, 15) is 18.0 Å². The molecule has 3 aromatic rings. The molecule has 29 heavy (non-hydrogen) atoms. The molecular weight excluding hydrogens is 473 g/mol. The van der Waals surface area contributed by atoms with Crippen molar-refractivity contribution in [3.8, 4) is 0 Å². The van der Waals surface area contributed by atoms with Crippen LogP contribution in [0, 0.1) is 0 Å². The summed E-state index contributed by atoms with van der Waals surface area (Å²) in [5.41, 5.74) is 0.477. The molecule has 1 aliphatic rings. The monoisotopic (exact) mass is 486 g/mol. The fourth-order valence-corrected chi connectivity index (χ4v) is 3.97. The molecule has 10 heteroatoms.